The van der Waals surface area contributed by atoms with Crippen molar-refractivity contribution in [1.29, 1.82) is 0 Å². The van der Waals surface area contributed by atoms with E-state index < -0.39 is 11.6 Å². The first-order chi connectivity index (χ1) is 6.65. The molecule has 0 saturated heterocycles. The van der Waals surface area contributed by atoms with Gasteiger partial charge in [0.05, 0.1) is 11.3 Å². The molecule has 0 amide bonds. The molecule has 0 radical (unpaired) electrons. The Morgan fingerprint density at radius 1 is 1.36 bits per heavy atom. The Bertz CT molecular complexity index is 370. The van der Waals surface area contributed by atoms with Crippen LogP contribution in [0.1, 0.15) is 12.0 Å². The standard InChI is InChI=1S/C10H9F2NS/c11-7-5-9(12)8(10(13)6-7)3-1-2-4-14/h5-6,14H,2,4,13H2. The van der Waals surface area contributed by atoms with Gasteiger partial charge in [-0.3, -0.25) is 0 Å². The smallest absolute Gasteiger partial charge is 0.143 e. The molecule has 74 valence electrons. The molecule has 0 fully saturated rings. The molecule has 1 rings (SSSR count). The number of nitrogens with two attached hydrogens (primary N) is 1. The normalized spacial score (nSPS) is 9.36. The maximum absolute atomic E-state index is 13.1. The molecule has 0 aliphatic rings. The summed E-state index contributed by atoms with van der Waals surface area (Å²) >= 11 is 3.95. The molecule has 0 saturated carbocycles. The van der Waals surface area contributed by atoms with Crippen LogP contribution in [0.5, 0.6) is 0 Å². The average Bonchev–Trinajstić information content (AvgIpc) is 2.09. The number of hydrogen-bond donors (Lipinski definition) is 2. The lowest BCUT2D eigenvalue weighted by molar-refractivity contribution is 0.582. The molecule has 0 aliphatic heterocycles. The predicted octanol–water partition coefficient (Wildman–Crippen LogP) is 2.22. The lowest BCUT2D eigenvalue weighted by atomic mass is 10.1. The van der Waals surface area contributed by atoms with Crippen LogP contribution in [0.3, 0.4) is 0 Å². The van der Waals surface area contributed by atoms with E-state index in [0.29, 0.717) is 12.2 Å². The third-order valence-electron chi connectivity index (χ3n) is 1.54. The van der Waals surface area contributed by atoms with Gasteiger partial charge in [0.25, 0.3) is 0 Å². The summed E-state index contributed by atoms with van der Waals surface area (Å²) in [4.78, 5) is 0. The molecule has 0 bridgehead atoms. The second-order valence-corrected chi connectivity index (χ2v) is 3.07. The van der Waals surface area contributed by atoms with Gasteiger partial charge in [-0.25, -0.2) is 8.78 Å². The van der Waals surface area contributed by atoms with Gasteiger partial charge in [0.15, 0.2) is 0 Å². The number of halogens is 2. The van der Waals surface area contributed by atoms with E-state index in [4.69, 9.17) is 5.73 Å². The van der Waals surface area contributed by atoms with Gasteiger partial charge in [-0.15, -0.1) is 0 Å². The van der Waals surface area contributed by atoms with Gasteiger partial charge in [0, 0.05) is 18.2 Å². The lowest BCUT2D eigenvalue weighted by Crippen LogP contribution is -1.95. The van der Waals surface area contributed by atoms with Crippen LogP contribution in [0.4, 0.5) is 14.5 Å². The summed E-state index contributed by atoms with van der Waals surface area (Å²) in [6.07, 6.45) is 0.541. The first-order valence-corrected chi connectivity index (χ1v) is 4.62. The van der Waals surface area contributed by atoms with Crippen LogP contribution in [0.25, 0.3) is 0 Å². The summed E-state index contributed by atoms with van der Waals surface area (Å²) in [7, 11) is 0. The van der Waals surface area contributed by atoms with Crippen molar-refractivity contribution in [2.24, 2.45) is 0 Å². The molecule has 0 unspecified atom stereocenters. The molecule has 0 heterocycles. The quantitative estimate of drug-likeness (QED) is 0.417. The zero-order valence-corrected chi connectivity index (χ0v) is 8.24. The Morgan fingerprint density at radius 2 is 2.07 bits per heavy atom. The predicted molar refractivity (Wildman–Crippen MR) is 56.1 cm³/mol. The van der Waals surface area contributed by atoms with Gasteiger partial charge in [-0.1, -0.05) is 11.8 Å². The highest BCUT2D eigenvalue weighted by Crippen LogP contribution is 2.16. The highest BCUT2D eigenvalue weighted by Gasteiger charge is 2.05. The van der Waals surface area contributed by atoms with E-state index >= 15 is 0 Å². The van der Waals surface area contributed by atoms with E-state index in [9.17, 15) is 8.78 Å². The van der Waals surface area contributed by atoms with Gasteiger partial charge in [-0.2, -0.15) is 12.6 Å². The van der Waals surface area contributed by atoms with Crippen molar-refractivity contribution in [3.8, 4) is 11.8 Å². The van der Waals surface area contributed by atoms with Gasteiger partial charge >= 0.3 is 0 Å². The first kappa shape index (κ1) is 10.9. The number of nitrogen functional groups attached to an aromatic ring is 1. The fourth-order valence-electron chi connectivity index (χ4n) is 0.932. The second-order valence-electron chi connectivity index (χ2n) is 2.63. The average molecular weight is 213 g/mol. The minimum Gasteiger partial charge on any atom is -0.398 e. The van der Waals surface area contributed by atoms with Crippen molar-refractivity contribution in [3.63, 3.8) is 0 Å². The molecule has 1 aromatic rings. The summed E-state index contributed by atoms with van der Waals surface area (Å²) in [5.41, 5.74) is 5.47. The van der Waals surface area contributed by atoms with Crippen LogP contribution in [0.2, 0.25) is 0 Å². The van der Waals surface area contributed by atoms with E-state index in [2.05, 4.69) is 24.5 Å². The number of thiol groups is 1. The molecule has 1 aromatic carbocycles. The van der Waals surface area contributed by atoms with Crippen LogP contribution < -0.4 is 5.73 Å². The molecule has 0 aliphatic carbocycles. The molecular weight excluding hydrogens is 204 g/mol. The molecule has 1 nitrogen and oxygen atoms in total. The van der Waals surface area contributed by atoms with Crippen molar-refractivity contribution in [2.75, 3.05) is 11.5 Å². The third-order valence-corrected chi connectivity index (χ3v) is 1.76. The Hall–Kier alpha value is -1.21. The van der Waals surface area contributed by atoms with E-state index in [1.165, 1.54) is 0 Å². The van der Waals surface area contributed by atoms with E-state index in [0.717, 1.165) is 12.1 Å². The zero-order valence-electron chi connectivity index (χ0n) is 7.35. The van der Waals surface area contributed by atoms with Crippen molar-refractivity contribution in [1.82, 2.24) is 0 Å². The summed E-state index contributed by atoms with van der Waals surface area (Å²) in [5, 5.41) is 0. The van der Waals surface area contributed by atoms with Crippen LogP contribution in [-0.2, 0) is 0 Å². The number of anilines is 1. The molecule has 14 heavy (non-hydrogen) atoms. The summed E-state index contributed by atoms with van der Waals surface area (Å²) in [5.74, 6) is 4.40. The van der Waals surface area contributed by atoms with Crippen molar-refractivity contribution < 1.29 is 8.78 Å². The fourth-order valence-corrected chi connectivity index (χ4v) is 1.04. The monoisotopic (exact) mass is 213 g/mol. The molecular formula is C10H9F2NS. The molecule has 4 heteroatoms. The molecule has 2 N–H and O–H groups in total. The van der Waals surface area contributed by atoms with Gasteiger partial charge in [0.1, 0.15) is 11.6 Å². The Balaban J connectivity index is 3.04. The maximum atomic E-state index is 13.1. The number of benzene rings is 1. The van der Waals surface area contributed by atoms with Crippen molar-refractivity contribution in [3.05, 3.63) is 29.3 Å². The highest BCUT2D eigenvalue weighted by atomic mass is 32.1. The second kappa shape index (κ2) is 4.87. The van der Waals surface area contributed by atoms with E-state index in [-0.39, 0.29) is 11.3 Å². The Labute approximate surface area is 86.7 Å². The van der Waals surface area contributed by atoms with Gasteiger partial charge in [-0.05, 0) is 6.07 Å². The first-order valence-electron chi connectivity index (χ1n) is 3.99. The minimum atomic E-state index is -0.728. The van der Waals surface area contributed by atoms with Crippen LogP contribution in [0.15, 0.2) is 12.1 Å². The van der Waals surface area contributed by atoms with Crippen LogP contribution in [-0.4, -0.2) is 5.75 Å². The molecule has 0 spiro atoms. The van der Waals surface area contributed by atoms with Crippen molar-refractivity contribution >= 4 is 18.3 Å². The topological polar surface area (TPSA) is 26.0 Å². The van der Waals surface area contributed by atoms with Crippen LogP contribution in [0, 0.1) is 23.5 Å². The van der Waals surface area contributed by atoms with Crippen LogP contribution >= 0.6 is 12.6 Å². The number of hydrogen-bond acceptors (Lipinski definition) is 2. The fraction of sp³-hybridized carbons (Fsp3) is 0.200. The summed E-state index contributed by atoms with van der Waals surface area (Å²) in [6, 6.07) is 1.81. The summed E-state index contributed by atoms with van der Waals surface area (Å²) < 4.78 is 25.7. The van der Waals surface area contributed by atoms with E-state index in [1.54, 1.807) is 0 Å². The summed E-state index contributed by atoms with van der Waals surface area (Å²) in [6.45, 7) is 0. The molecule has 0 aromatic heterocycles. The number of rotatable bonds is 1. The largest absolute Gasteiger partial charge is 0.398 e. The SMILES string of the molecule is Nc1cc(F)cc(F)c1C#CCCS. The minimum absolute atomic E-state index is 0.0224. The highest BCUT2D eigenvalue weighted by molar-refractivity contribution is 7.80. The zero-order chi connectivity index (χ0) is 10.6. The van der Waals surface area contributed by atoms with E-state index in [1.807, 2.05) is 0 Å². The Kier molecular flexibility index (Phi) is 3.78. The maximum Gasteiger partial charge on any atom is 0.143 e. The Morgan fingerprint density at radius 3 is 2.64 bits per heavy atom. The van der Waals surface area contributed by atoms with Gasteiger partial charge < -0.3 is 5.73 Å². The third kappa shape index (κ3) is 2.64. The van der Waals surface area contributed by atoms with Crippen molar-refractivity contribution in [2.45, 2.75) is 6.42 Å². The lowest BCUT2D eigenvalue weighted by Gasteiger charge is -1.99. The molecule has 0 atom stereocenters. The van der Waals surface area contributed by atoms with Gasteiger partial charge in [0.2, 0.25) is 0 Å².